The second-order valence-corrected chi connectivity index (χ2v) is 9.78. The Morgan fingerprint density at radius 2 is 1.77 bits per heavy atom. The third kappa shape index (κ3) is 1.45. The Morgan fingerprint density at radius 3 is 2.50 bits per heavy atom. The molecule has 4 aliphatic carbocycles. The van der Waals surface area contributed by atoms with Gasteiger partial charge in [0, 0.05) is 10.8 Å². The van der Waals surface area contributed by atoms with Gasteiger partial charge in [0.05, 0.1) is 11.7 Å². The van der Waals surface area contributed by atoms with E-state index in [9.17, 15) is 10.2 Å². The average molecular weight is 304 g/mol. The van der Waals surface area contributed by atoms with Crippen molar-refractivity contribution in [1.82, 2.24) is 0 Å². The van der Waals surface area contributed by atoms with Gasteiger partial charge in [-0.05, 0) is 67.8 Å². The molecule has 124 valence electrons. The van der Waals surface area contributed by atoms with Crippen molar-refractivity contribution >= 4 is 0 Å². The first-order chi connectivity index (χ1) is 10.2. The lowest BCUT2D eigenvalue weighted by atomic mass is 9.39. The van der Waals surface area contributed by atoms with Crippen LogP contribution in [-0.4, -0.2) is 21.9 Å². The Hall–Kier alpha value is -0.340. The van der Waals surface area contributed by atoms with Gasteiger partial charge in [-0.25, -0.2) is 0 Å². The summed E-state index contributed by atoms with van der Waals surface area (Å²) in [6.07, 6.45) is 8.07. The summed E-state index contributed by atoms with van der Waals surface area (Å²) in [4.78, 5) is 0. The van der Waals surface area contributed by atoms with E-state index in [1.165, 1.54) is 12.8 Å². The number of aliphatic hydroxyl groups excluding tert-OH is 1. The van der Waals surface area contributed by atoms with E-state index in [0.29, 0.717) is 17.3 Å². The van der Waals surface area contributed by atoms with E-state index in [2.05, 4.69) is 27.4 Å². The van der Waals surface area contributed by atoms with Gasteiger partial charge in [0.25, 0.3) is 0 Å². The molecule has 6 atom stereocenters. The van der Waals surface area contributed by atoms with Crippen LogP contribution in [0.5, 0.6) is 0 Å². The SMILES string of the molecule is C=C1[C@@H]2CC[C@]3(O)[C@@](CC[C@@H]4C(C)(C)CCC[C@]43C)(C2)[C@@H]1O. The summed E-state index contributed by atoms with van der Waals surface area (Å²) in [7, 11) is 0. The molecule has 0 amide bonds. The molecule has 0 aromatic heterocycles. The predicted molar refractivity (Wildman–Crippen MR) is 88.3 cm³/mol. The third-order valence-corrected chi connectivity index (χ3v) is 8.74. The fourth-order valence-corrected chi connectivity index (χ4v) is 7.60. The summed E-state index contributed by atoms with van der Waals surface area (Å²) in [5.41, 5.74) is 0.237. The average Bonchev–Trinajstić information content (AvgIpc) is 2.64. The number of hydrogen-bond acceptors (Lipinski definition) is 2. The molecular weight excluding hydrogens is 272 g/mol. The molecular formula is C20H32O2. The minimum absolute atomic E-state index is 0.0520. The van der Waals surface area contributed by atoms with Crippen LogP contribution in [0.25, 0.3) is 0 Å². The zero-order valence-corrected chi connectivity index (χ0v) is 14.5. The first-order valence-electron chi connectivity index (χ1n) is 9.27. The maximum absolute atomic E-state index is 12.0. The molecule has 2 N–H and O–H groups in total. The van der Waals surface area contributed by atoms with Gasteiger partial charge in [-0.3, -0.25) is 0 Å². The highest BCUT2D eigenvalue weighted by Crippen LogP contribution is 2.73. The van der Waals surface area contributed by atoms with Gasteiger partial charge in [-0.1, -0.05) is 33.8 Å². The first-order valence-corrected chi connectivity index (χ1v) is 9.27. The number of hydrogen-bond donors (Lipinski definition) is 2. The van der Waals surface area contributed by atoms with Crippen LogP contribution < -0.4 is 0 Å². The van der Waals surface area contributed by atoms with Crippen LogP contribution in [0.15, 0.2) is 12.2 Å². The van der Waals surface area contributed by atoms with E-state index < -0.39 is 11.7 Å². The molecule has 0 unspecified atom stereocenters. The summed E-state index contributed by atoms with van der Waals surface area (Å²) in [6, 6.07) is 0. The zero-order valence-electron chi connectivity index (χ0n) is 14.5. The Morgan fingerprint density at radius 1 is 1.05 bits per heavy atom. The van der Waals surface area contributed by atoms with Gasteiger partial charge in [-0.2, -0.15) is 0 Å². The minimum Gasteiger partial charge on any atom is -0.389 e. The molecule has 0 saturated heterocycles. The van der Waals surface area contributed by atoms with Crippen molar-refractivity contribution in [3.05, 3.63) is 12.2 Å². The van der Waals surface area contributed by atoms with Gasteiger partial charge < -0.3 is 10.2 Å². The molecule has 0 radical (unpaired) electrons. The molecule has 4 fully saturated rings. The summed E-state index contributed by atoms with van der Waals surface area (Å²) in [6.45, 7) is 11.3. The third-order valence-electron chi connectivity index (χ3n) is 8.74. The largest absolute Gasteiger partial charge is 0.389 e. The van der Waals surface area contributed by atoms with Crippen LogP contribution >= 0.6 is 0 Å². The lowest BCUT2D eigenvalue weighted by Gasteiger charge is -2.68. The zero-order chi connectivity index (χ0) is 16.0. The molecule has 4 aliphatic rings. The maximum atomic E-state index is 12.0. The predicted octanol–water partition coefficient (Wildman–Crippen LogP) is 4.06. The standard InChI is InChI=1S/C20H32O2/c1-13-14-6-11-20(22)18(4)9-5-8-17(2,3)15(18)7-10-19(20,12-14)16(13)21/h14-16,21-22H,1,5-12H2,2-4H3/t14-,15-,16-,18-,19+,20-/m1/s1. The Balaban J connectivity index is 1.85. The smallest absolute Gasteiger partial charge is 0.0834 e. The molecule has 2 heteroatoms. The Labute approximate surface area is 135 Å². The summed E-state index contributed by atoms with van der Waals surface area (Å²) < 4.78 is 0. The second kappa shape index (κ2) is 4.19. The summed E-state index contributed by atoms with van der Waals surface area (Å²) in [5, 5.41) is 23.0. The van der Waals surface area contributed by atoms with Gasteiger partial charge in [-0.15, -0.1) is 0 Å². The van der Waals surface area contributed by atoms with Crippen LogP contribution in [0.3, 0.4) is 0 Å². The van der Waals surface area contributed by atoms with Gasteiger partial charge >= 0.3 is 0 Å². The first kappa shape index (κ1) is 15.2. The lowest BCUT2D eigenvalue weighted by Crippen LogP contribution is -2.69. The molecule has 0 aliphatic heterocycles. The highest BCUT2D eigenvalue weighted by atomic mass is 16.3. The van der Waals surface area contributed by atoms with Crippen LogP contribution in [-0.2, 0) is 0 Å². The monoisotopic (exact) mass is 304 g/mol. The quantitative estimate of drug-likeness (QED) is 0.663. The van der Waals surface area contributed by atoms with Gasteiger partial charge in [0.2, 0.25) is 0 Å². The maximum Gasteiger partial charge on any atom is 0.0834 e. The van der Waals surface area contributed by atoms with E-state index in [4.69, 9.17) is 0 Å². The fraction of sp³-hybridized carbons (Fsp3) is 0.900. The van der Waals surface area contributed by atoms with Crippen LogP contribution in [0, 0.1) is 28.1 Å². The molecule has 0 heterocycles. The minimum atomic E-state index is -0.712. The number of fused-ring (bicyclic) bond motifs is 3. The molecule has 0 aromatic rings. The number of rotatable bonds is 0. The Kier molecular flexibility index (Phi) is 2.89. The van der Waals surface area contributed by atoms with Crippen LogP contribution in [0.1, 0.15) is 72.1 Å². The molecule has 1 spiro atoms. The molecule has 22 heavy (non-hydrogen) atoms. The van der Waals surface area contributed by atoms with Crippen molar-refractivity contribution in [3.63, 3.8) is 0 Å². The summed E-state index contributed by atoms with van der Waals surface area (Å²) >= 11 is 0. The van der Waals surface area contributed by atoms with Crippen LogP contribution in [0.2, 0.25) is 0 Å². The van der Waals surface area contributed by atoms with Crippen molar-refractivity contribution in [1.29, 1.82) is 0 Å². The summed E-state index contributed by atoms with van der Waals surface area (Å²) in [5.74, 6) is 1.01. The van der Waals surface area contributed by atoms with E-state index >= 15 is 0 Å². The molecule has 2 nitrogen and oxygen atoms in total. The highest BCUT2D eigenvalue weighted by molar-refractivity contribution is 5.32. The van der Waals surface area contributed by atoms with Crippen LogP contribution in [0.4, 0.5) is 0 Å². The highest BCUT2D eigenvalue weighted by Gasteiger charge is 2.73. The normalized spacial score (nSPS) is 56.4. The van der Waals surface area contributed by atoms with E-state index in [-0.39, 0.29) is 10.8 Å². The molecule has 4 rings (SSSR count). The van der Waals surface area contributed by atoms with Crippen molar-refractivity contribution in [2.24, 2.45) is 28.1 Å². The molecule has 4 saturated carbocycles. The van der Waals surface area contributed by atoms with E-state index in [0.717, 1.165) is 44.1 Å². The molecule has 2 bridgehead atoms. The second-order valence-electron chi connectivity index (χ2n) is 9.78. The van der Waals surface area contributed by atoms with Crippen molar-refractivity contribution < 1.29 is 10.2 Å². The van der Waals surface area contributed by atoms with E-state index in [1.54, 1.807) is 0 Å². The Bertz CT molecular complexity index is 524. The topological polar surface area (TPSA) is 40.5 Å². The number of aliphatic hydroxyl groups is 2. The molecule has 0 aromatic carbocycles. The van der Waals surface area contributed by atoms with E-state index in [1.807, 2.05) is 0 Å². The fourth-order valence-electron chi connectivity index (χ4n) is 7.60. The van der Waals surface area contributed by atoms with Crippen molar-refractivity contribution in [2.45, 2.75) is 83.8 Å². The lowest BCUT2D eigenvalue weighted by molar-refractivity contribution is -0.276. The van der Waals surface area contributed by atoms with Gasteiger partial charge in [0.15, 0.2) is 0 Å². The van der Waals surface area contributed by atoms with Crippen molar-refractivity contribution in [3.8, 4) is 0 Å². The van der Waals surface area contributed by atoms with Gasteiger partial charge in [0.1, 0.15) is 0 Å². The van der Waals surface area contributed by atoms with Crippen molar-refractivity contribution in [2.75, 3.05) is 0 Å².